The van der Waals surface area contributed by atoms with Crippen LogP contribution in [0.5, 0.6) is 0 Å². The number of para-hydroxylation sites is 1. The average Bonchev–Trinajstić information content (AvgIpc) is 3.30. The van der Waals surface area contributed by atoms with Gasteiger partial charge in [0.15, 0.2) is 6.61 Å². The number of anilines is 1. The van der Waals surface area contributed by atoms with Gasteiger partial charge in [0.05, 0.1) is 17.8 Å². The van der Waals surface area contributed by atoms with Gasteiger partial charge >= 0.3 is 12.1 Å². The third-order valence-electron chi connectivity index (χ3n) is 5.53. The quantitative estimate of drug-likeness (QED) is 0.671. The minimum Gasteiger partial charge on any atom is -0.452 e. The van der Waals surface area contributed by atoms with Crippen molar-refractivity contribution >= 4 is 35.5 Å². The van der Waals surface area contributed by atoms with Gasteiger partial charge in [-0.05, 0) is 26.0 Å². The highest BCUT2D eigenvalue weighted by Crippen LogP contribution is 2.45. The molecule has 30 heavy (non-hydrogen) atoms. The van der Waals surface area contributed by atoms with E-state index in [0.29, 0.717) is 11.3 Å². The summed E-state index contributed by atoms with van der Waals surface area (Å²) in [6, 6.07) is 6.17. The second kappa shape index (κ2) is 7.12. The Hall–Kier alpha value is -3.43. The van der Waals surface area contributed by atoms with Crippen LogP contribution in [0.2, 0.25) is 0 Å². The van der Waals surface area contributed by atoms with Crippen LogP contribution in [0.15, 0.2) is 24.3 Å². The predicted octanol–water partition coefficient (Wildman–Crippen LogP) is 0.896. The lowest BCUT2D eigenvalue weighted by atomic mass is 9.95. The average molecular weight is 415 g/mol. The molecule has 3 aliphatic heterocycles. The molecule has 0 aromatic heterocycles. The zero-order valence-electron chi connectivity index (χ0n) is 16.6. The van der Waals surface area contributed by atoms with Crippen molar-refractivity contribution in [3.63, 3.8) is 0 Å². The lowest BCUT2D eigenvalue weighted by Crippen LogP contribution is -2.70. The number of hydrogen-bond acceptors (Lipinski definition) is 7. The molecule has 2 saturated heterocycles. The smallest absolute Gasteiger partial charge is 0.416 e. The number of amides is 4. The van der Waals surface area contributed by atoms with Crippen molar-refractivity contribution in [3.05, 3.63) is 29.8 Å². The Morgan fingerprint density at radius 2 is 1.93 bits per heavy atom. The monoisotopic (exact) mass is 415 g/mol. The van der Waals surface area contributed by atoms with Crippen LogP contribution in [0.4, 0.5) is 10.5 Å². The topological polar surface area (TPSA) is 114 Å². The third-order valence-corrected chi connectivity index (χ3v) is 5.53. The van der Waals surface area contributed by atoms with E-state index in [-0.39, 0.29) is 31.9 Å². The molecular weight excluding hydrogens is 394 g/mol. The molecular formula is C20H21N3O7. The summed E-state index contributed by atoms with van der Waals surface area (Å²) in [7, 11) is 0. The van der Waals surface area contributed by atoms with Crippen LogP contribution in [0, 0.1) is 0 Å². The number of fused-ring (bicyclic) bond motifs is 3. The fourth-order valence-corrected chi connectivity index (χ4v) is 4.31. The molecule has 3 heterocycles. The highest BCUT2D eigenvalue weighted by Gasteiger charge is 2.62. The second-order valence-corrected chi connectivity index (χ2v) is 7.57. The van der Waals surface area contributed by atoms with E-state index in [0.717, 1.165) is 4.90 Å². The summed E-state index contributed by atoms with van der Waals surface area (Å²) in [6.07, 6.45) is -0.702. The van der Waals surface area contributed by atoms with E-state index >= 15 is 0 Å². The van der Waals surface area contributed by atoms with Gasteiger partial charge in [-0.3, -0.25) is 19.3 Å². The molecule has 2 fully saturated rings. The maximum Gasteiger partial charge on any atom is 0.416 e. The normalized spacial score (nSPS) is 22.9. The van der Waals surface area contributed by atoms with Crippen molar-refractivity contribution in [2.24, 2.45) is 0 Å². The van der Waals surface area contributed by atoms with Gasteiger partial charge in [-0.15, -0.1) is 0 Å². The first-order valence-electron chi connectivity index (χ1n) is 9.69. The first-order chi connectivity index (χ1) is 14.3. The fourth-order valence-electron chi connectivity index (χ4n) is 4.31. The van der Waals surface area contributed by atoms with E-state index in [2.05, 4.69) is 0 Å². The van der Waals surface area contributed by atoms with Gasteiger partial charge in [0.1, 0.15) is 6.61 Å². The molecule has 1 aromatic carbocycles. The van der Waals surface area contributed by atoms with Crippen LogP contribution in [-0.2, 0) is 23.9 Å². The third kappa shape index (κ3) is 2.74. The highest BCUT2D eigenvalue weighted by molar-refractivity contribution is 6.15. The van der Waals surface area contributed by atoms with Gasteiger partial charge in [0.25, 0.3) is 11.8 Å². The van der Waals surface area contributed by atoms with Crippen LogP contribution >= 0.6 is 0 Å². The Kier molecular flexibility index (Phi) is 4.71. The summed E-state index contributed by atoms with van der Waals surface area (Å²) in [5.41, 5.74) is -1.02. The molecule has 0 saturated carbocycles. The van der Waals surface area contributed by atoms with Gasteiger partial charge in [0, 0.05) is 18.9 Å². The molecule has 10 heteroatoms. The number of imide groups is 1. The highest BCUT2D eigenvalue weighted by atomic mass is 16.6. The van der Waals surface area contributed by atoms with E-state index in [1.165, 1.54) is 9.80 Å². The van der Waals surface area contributed by atoms with E-state index < -0.39 is 42.2 Å². The van der Waals surface area contributed by atoms with Gasteiger partial charge < -0.3 is 14.4 Å². The zero-order valence-corrected chi connectivity index (χ0v) is 16.6. The molecule has 0 bridgehead atoms. The summed E-state index contributed by atoms with van der Waals surface area (Å²) in [4.78, 5) is 66.7. The van der Waals surface area contributed by atoms with Crippen LogP contribution in [0.3, 0.4) is 0 Å². The molecule has 1 aromatic rings. The molecule has 0 radical (unpaired) electrons. The summed E-state index contributed by atoms with van der Waals surface area (Å²) in [5, 5.41) is 0. The maximum atomic E-state index is 13.3. The first kappa shape index (κ1) is 19.9. The van der Waals surface area contributed by atoms with Crippen molar-refractivity contribution in [2.45, 2.75) is 38.4 Å². The number of carbonyl (C=O) groups excluding carboxylic acids is 5. The van der Waals surface area contributed by atoms with Crippen LogP contribution in [0.25, 0.3) is 0 Å². The molecule has 0 unspecified atom stereocenters. The zero-order chi connectivity index (χ0) is 21.6. The molecule has 4 amide bonds. The predicted molar refractivity (Wildman–Crippen MR) is 101 cm³/mol. The Morgan fingerprint density at radius 3 is 2.60 bits per heavy atom. The summed E-state index contributed by atoms with van der Waals surface area (Å²) >= 11 is 0. The molecule has 4 rings (SSSR count). The number of nitrogens with zero attached hydrogens (tertiary/aromatic N) is 3. The lowest BCUT2D eigenvalue weighted by molar-refractivity contribution is -0.162. The van der Waals surface area contributed by atoms with E-state index in [1.54, 1.807) is 38.1 Å². The van der Waals surface area contributed by atoms with Crippen molar-refractivity contribution < 1.29 is 33.4 Å². The first-order valence-corrected chi connectivity index (χ1v) is 9.69. The number of benzene rings is 1. The maximum absolute atomic E-state index is 13.3. The van der Waals surface area contributed by atoms with E-state index in [1.807, 2.05) is 0 Å². The molecule has 1 atom stereocenters. The number of carbonyl (C=O) groups is 5. The minimum absolute atomic E-state index is 0.0445. The standard InChI is InChI=1S/C20H21N3O7/c1-12(2)22-17(26)13-5-3-4-6-14(13)23-15(24)7-8-20(22,23)18(27)30-11-16(25)21-9-10-29-19(21)28/h3-6,12H,7-11H2,1-2H3/t20-/m0/s1. The van der Waals surface area contributed by atoms with Crippen molar-refractivity contribution in [2.75, 3.05) is 24.7 Å². The van der Waals surface area contributed by atoms with Crippen LogP contribution in [-0.4, -0.2) is 71.0 Å². The number of cyclic esters (lactones) is 1. The lowest BCUT2D eigenvalue weighted by Gasteiger charge is -2.50. The summed E-state index contributed by atoms with van der Waals surface area (Å²) < 4.78 is 9.99. The van der Waals surface area contributed by atoms with Crippen molar-refractivity contribution in [1.82, 2.24) is 9.80 Å². The Bertz CT molecular complexity index is 959. The molecule has 10 nitrogen and oxygen atoms in total. The minimum atomic E-state index is -1.68. The van der Waals surface area contributed by atoms with Gasteiger partial charge in [-0.25, -0.2) is 14.5 Å². The van der Waals surface area contributed by atoms with Crippen LogP contribution < -0.4 is 4.90 Å². The Morgan fingerprint density at radius 1 is 1.20 bits per heavy atom. The molecule has 3 aliphatic rings. The number of hydrogen-bond donors (Lipinski definition) is 0. The second-order valence-electron chi connectivity index (χ2n) is 7.57. The van der Waals surface area contributed by atoms with Crippen molar-refractivity contribution in [1.29, 1.82) is 0 Å². The molecule has 0 spiro atoms. The number of esters is 1. The van der Waals surface area contributed by atoms with Crippen LogP contribution in [0.1, 0.15) is 37.0 Å². The molecule has 0 N–H and O–H groups in total. The van der Waals surface area contributed by atoms with Gasteiger partial charge in [-0.2, -0.15) is 0 Å². The van der Waals surface area contributed by atoms with E-state index in [4.69, 9.17) is 9.47 Å². The SMILES string of the molecule is CC(C)N1C(=O)c2ccccc2N2C(=O)CC[C@@]21C(=O)OCC(=O)N1CCOC1=O. The number of ether oxygens (including phenoxy) is 2. The molecule has 158 valence electrons. The Balaban J connectivity index is 1.69. The summed E-state index contributed by atoms with van der Waals surface area (Å²) in [5.74, 6) is -2.31. The number of rotatable bonds is 4. The van der Waals surface area contributed by atoms with Gasteiger partial charge in [-0.1, -0.05) is 12.1 Å². The fraction of sp³-hybridized carbons (Fsp3) is 0.450. The Labute approximate surface area is 172 Å². The van der Waals surface area contributed by atoms with E-state index in [9.17, 15) is 24.0 Å². The largest absolute Gasteiger partial charge is 0.452 e. The molecule has 0 aliphatic carbocycles. The summed E-state index contributed by atoms with van der Waals surface area (Å²) in [6.45, 7) is 2.95. The van der Waals surface area contributed by atoms with Crippen molar-refractivity contribution in [3.8, 4) is 0 Å². The van der Waals surface area contributed by atoms with Gasteiger partial charge in [0.2, 0.25) is 11.6 Å².